The lowest BCUT2D eigenvalue weighted by Gasteiger charge is -2.05. The summed E-state index contributed by atoms with van der Waals surface area (Å²) in [6.45, 7) is 1.48. The van der Waals surface area contributed by atoms with E-state index in [-0.39, 0.29) is 5.88 Å². The van der Waals surface area contributed by atoms with E-state index < -0.39 is 0 Å². The van der Waals surface area contributed by atoms with E-state index in [0.717, 1.165) is 25.0 Å². The molecule has 1 rings (SSSR count). The van der Waals surface area contributed by atoms with Crippen LogP contribution in [0.2, 0.25) is 0 Å². The first kappa shape index (κ1) is 9.86. The fourth-order valence-corrected chi connectivity index (χ4v) is 1.11. The number of allylic oxidation sites excluding steroid dienone is 5. The van der Waals surface area contributed by atoms with Crippen molar-refractivity contribution in [2.45, 2.75) is 12.8 Å². The summed E-state index contributed by atoms with van der Waals surface area (Å²) in [6, 6.07) is 0. The van der Waals surface area contributed by atoms with Gasteiger partial charge in [-0.3, -0.25) is 0 Å². The SMILES string of the molecule is NCCCCNC(O)=C1C=CC=C1. The molecule has 0 aromatic rings. The monoisotopic (exact) mass is 180 g/mol. The number of nitrogens with one attached hydrogen (secondary N) is 1. The van der Waals surface area contributed by atoms with Crippen molar-refractivity contribution in [2.24, 2.45) is 5.73 Å². The van der Waals surface area contributed by atoms with E-state index in [9.17, 15) is 5.11 Å². The van der Waals surface area contributed by atoms with Crippen LogP contribution in [0.25, 0.3) is 0 Å². The number of rotatable bonds is 5. The predicted molar refractivity (Wildman–Crippen MR) is 54.2 cm³/mol. The second-order valence-corrected chi connectivity index (χ2v) is 2.94. The van der Waals surface area contributed by atoms with Gasteiger partial charge in [-0.25, -0.2) is 0 Å². The van der Waals surface area contributed by atoms with Crippen LogP contribution in [0.5, 0.6) is 0 Å². The quantitative estimate of drug-likeness (QED) is 0.440. The maximum atomic E-state index is 9.48. The van der Waals surface area contributed by atoms with Crippen LogP contribution in [-0.2, 0) is 0 Å². The van der Waals surface area contributed by atoms with Gasteiger partial charge in [-0.2, -0.15) is 0 Å². The van der Waals surface area contributed by atoms with E-state index in [0.29, 0.717) is 6.54 Å². The van der Waals surface area contributed by atoms with E-state index in [1.807, 2.05) is 24.3 Å². The molecule has 72 valence electrons. The fraction of sp³-hybridized carbons (Fsp3) is 0.400. The molecular weight excluding hydrogens is 164 g/mol. The summed E-state index contributed by atoms with van der Waals surface area (Å²) < 4.78 is 0. The summed E-state index contributed by atoms with van der Waals surface area (Å²) in [4.78, 5) is 0. The lowest BCUT2D eigenvalue weighted by atomic mass is 10.3. The molecule has 13 heavy (non-hydrogen) atoms. The lowest BCUT2D eigenvalue weighted by molar-refractivity contribution is 0.359. The van der Waals surface area contributed by atoms with Gasteiger partial charge in [-0.1, -0.05) is 12.2 Å². The van der Waals surface area contributed by atoms with Gasteiger partial charge in [0.2, 0.25) is 0 Å². The predicted octanol–water partition coefficient (Wildman–Crippen LogP) is 1.21. The van der Waals surface area contributed by atoms with Gasteiger partial charge in [0.1, 0.15) is 0 Å². The second-order valence-electron chi connectivity index (χ2n) is 2.94. The molecule has 0 aliphatic heterocycles. The zero-order valence-electron chi connectivity index (χ0n) is 7.66. The molecule has 0 fully saturated rings. The van der Waals surface area contributed by atoms with Crippen molar-refractivity contribution in [3.05, 3.63) is 35.8 Å². The van der Waals surface area contributed by atoms with Gasteiger partial charge in [0.15, 0.2) is 5.88 Å². The number of hydrogen-bond donors (Lipinski definition) is 3. The highest BCUT2D eigenvalue weighted by molar-refractivity contribution is 5.41. The van der Waals surface area contributed by atoms with E-state index in [1.54, 1.807) is 0 Å². The molecule has 0 aromatic carbocycles. The van der Waals surface area contributed by atoms with Gasteiger partial charge in [0, 0.05) is 12.1 Å². The minimum absolute atomic E-state index is 0.252. The van der Waals surface area contributed by atoms with Crippen molar-refractivity contribution >= 4 is 0 Å². The number of hydrogen-bond acceptors (Lipinski definition) is 3. The topological polar surface area (TPSA) is 58.3 Å². The Morgan fingerprint density at radius 1 is 1.31 bits per heavy atom. The smallest absolute Gasteiger partial charge is 0.191 e. The van der Waals surface area contributed by atoms with Crippen molar-refractivity contribution in [2.75, 3.05) is 13.1 Å². The second kappa shape index (κ2) is 5.43. The molecule has 0 unspecified atom stereocenters. The molecule has 0 atom stereocenters. The molecule has 1 aliphatic carbocycles. The van der Waals surface area contributed by atoms with Crippen LogP contribution in [-0.4, -0.2) is 18.2 Å². The van der Waals surface area contributed by atoms with Crippen molar-refractivity contribution in [1.29, 1.82) is 0 Å². The van der Waals surface area contributed by atoms with Crippen LogP contribution in [0.15, 0.2) is 35.8 Å². The van der Waals surface area contributed by atoms with Crippen LogP contribution in [0.3, 0.4) is 0 Å². The minimum Gasteiger partial charge on any atom is -0.494 e. The highest BCUT2D eigenvalue weighted by Crippen LogP contribution is 2.09. The van der Waals surface area contributed by atoms with Crippen LogP contribution in [0, 0.1) is 0 Å². The Balaban J connectivity index is 2.24. The van der Waals surface area contributed by atoms with Crippen molar-refractivity contribution in [3.8, 4) is 0 Å². The van der Waals surface area contributed by atoms with Gasteiger partial charge in [0.05, 0.1) is 0 Å². The third-order valence-corrected chi connectivity index (χ3v) is 1.86. The molecule has 0 bridgehead atoms. The third kappa shape index (κ3) is 3.34. The minimum atomic E-state index is 0.252. The Kier molecular flexibility index (Phi) is 4.12. The standard InChI is InChI=1S/C10H16N2O/c11-7-3-4-8-12-10(13)9-5-1-2-6-9/h1-2,5-6,12-13H,3-4,7-8,11H2. The van der Waals surface area contributed by atoms with Crippen LogP contribution >= 0.6 is 0 Å². The Morgan fingerprint density at radius 3 is 2.62 bits per heavy atom. The first-order chi connectivity index (χ1) is 6.34. The molecule has 0 saturated carbocycles. The fourth-order valence-electron chi connectivity index (χ4n) is 1.11. The van der Waals surface area contributed by atoms with Crippen LogP contribution < -0.4 is 11.1 Å². The highest BCUT2D eigenvalue weighted by atomic mass is 16.3. The molecule has 3 nitrogen and oxygen atoms in total. The summed E-state index contributed by atoms with van der Waals surface area (Å²) in [5, 5.41) is 12.4. The van der Waals surface area contributed by atoms with Gasteiger partial charge in [-0.15, -0.1) is 0 Å². The lowest BCUT2D eigenvalue weighted by Crippen LogP contribution is -2.16. The molecule has 0 aromatic heterocycles. The molecule has 0 saturated heterocycles. The molecule has 1 aliphatic rings. The highest BCUT2D eigenvalue weighted by Gasteiger charge is 2.00. The first-order valence-electron chi connectivity index (χ1n) is 4.56. The van der Waals surface area contributed by atoms with Gasteiger partial charge >= 0.3 is 0 Å². The zero-order valence-corrected chi connectivity index (χ0v) is 7.66. The molecule has 0 radical (unpaired) electrons. The molecule has 0 amide bonds. The maximum absolute atomic E-state index is 9.48. The first-order valence-corrected chi connectivity index (χ1v) is 4.56. The number of unbranched alkanes of at least 4 members (excludes halogenated alkanes) is 1. The van der Waals surface area contributed by atoms with Crippen molar-refractivity contribution in [1.82, 2.24) is 5.32 Å². The normalized spacial score (nSPS) is 13.8. The maximum Gasteiger partial charge on any atom is 0.191 e. The van der Waals surface area contributed by atoms with E-state index in [2.05, 4.69) is 5.32 Å². The molecular formula is C10H16N2O. The molecule has 0 heterocycles. The number of aliphatic hydroxyl groups excluding tert-OH is 1. The Morgan fingerprint density at radius 2 is 2.00 bits per heavy atom. The molecule has 3 heteroatoms. The summed E-state index contributed by atoms with van der Waals surface area (Å²) in [7, 11) is 0. The Bertz CT molecular complexity index is 227. The Hall–Kier alpha value is -1.22. The average molecular weight is 180 g/mol. The van der Waals surface area contributed by atoms with Crippen LogP contribution in [0.4, 0.5) is 0 Å². The van der Waals surface area contributed by atoms with Gasteiger partial charge in [-0.05, 0) is 31.5 Å². The van der Waals surface area contributed by atoms with E-state index in [1.165, 1.54) is 0 Å². The average Bonchev–Trinajstić information content (AvgIpc) is 2.65. The molecule has 4 N–H and O–H groups in total. The summed E-state index contributed by atoms with van der Waals surface area (Å²) in [5.41, 5.74) is 6.18. The van der Waals surface area contributed by atoms with Crippen molar-refractivity contribution < 1.29 is 5.11 Å². The molecule has 0 spiro atoms. The number of aliphatic hydroxyl groups is 1. The van der Waals surface area contributed by atoms with Crippen LogP contribution in [0.1, 0.15) is 12.8 Å². The van der Waals surface area contributed by atoms with E-state index in [4.69, 9.17) is 5.73 Å². The zero-order chi connectivity index (χ0) is 9.52. The summed E-state index contributed by atoms with van der Waals surface area (Å²) >= 11 is 0. The van der Waals surface area contributed by atoms with Gasteiger partial charge in [0.25, 0.3) is 0 Å². The third-order valence-electron chi connectivity index (χ3n) is 1.86. The number of nitrogens with two attached hydrogens (primary N) is 1. The van der Waals surface area contributed by atoms with Crippen molar-refractivity contribution in [3.63, 3.8) is 0 Å². The summed E-state index contributed by atoms with van der Waals surface area (Å²) in [6.07, 6.45) is 9.50. The summed E-state index contributed by atoms with van der Waals surface area (Å²) in [5.74, 6) is 0.252. The Labute approximate surface area is 78.6 Å². The van der Waals surface area contributed by atoms with E-state index >= 15 is 0 Å². The largest absolute Gasteiger partial charge is 0.494 e. The van der Waals surface area contributed by atoms with Gasteiger partial charge < -0.3 is 16.2 Å².